The van der Waals surface area contributed by atoms with Crippen molar-refractivity contribution < 1.29 is 38.6 Å². The zero-order chi connectivity index (χ0) is 40.7. The van der Waals surface area contributed by atoms with Crippen LogP contribution in [0.4, 0.5) is 5.69 Å². The molecular formula is C37H67N7O8S. The molecule has 0 aliphatic rings. The molecule has 0 aromatic heterocycles. The van der Waals surface area contributed by atoms with E-state index in [1.54, 1.807) is 55.4 Å². The summed E-state index contributed by atoms with van der Waals surface area (Å²) in [5, 5.41) is 24.1. The first-order chi connectivity index (χ1) is 24.7. The van der Waals surface area contributed by atoms with E-state index in [2.05, 4.69) is 56.6 Å². The summed E-state index contributed by atoms with van der Waals surface area (Å²) in [6, 6.07) is 7.47. The van der Waals surface area contributed by atoms with Gasteiger partial charge in [0.2, 0.25) is 5.91 Å². The molecule has 8 N–H and O–H groups in total. The van der Waals surface area contributed by atoms with Gasteiger partial charge in [0.15, 0.2) is 11.6 Å². The van der Waals surface area contributed by atoms with Crippen LogP contribution in [0.3, 0.4) is 0 Å². The smallest absolute Gasteiger partial charge is 0.309 e. The van der Waals surface area contributed by atoms with Crippen molar-refractivity contribution in [3.63, 3.8) is 0 Å². The van der Waals surface area contributed by atoms with Crippen LogP contribution in [-0.2, 0) is 28.7 Å². The van der Waals surface area contributed by atoms with Crippen LogP contribution in [0.25, 0.3) is 0 Å². The first-order valence-electron chi connectivity index (χ1n) is 18.1. The van der Waals surface area contributed by atoms with Crippen LogP contribution in [0.2, 0.25) is 0 Å². The molecule has 0 radical (unpaired) electrons. The van der Waals surface area contributed by atoms with E-state index in [1.807, 2.05) is 24.3 Å². The van der Waals surface area contributed by atoms with E-state index in [0.29, 0.717) is 18.7 Å². The highest BCUT2D eigenvalue weighted by Gasteiger charge is 2.44. The van der Waals surface area contributed by atoms with E-state index in [4.69, 9.17) is 9.47 Å². The van der Waals surface area contributed by atoms with E-state index >= 15 is 0 Å². The van der Waals surface area contributed by atoms with Gasteiger partial charge >= 0.3 is 5.97 Å². The van der Waals surface area contributed by atoms with E-state index < -0.39 is 27.9 Å². The number of rotatable bonds is 27. The number of nitrogens with one attached hydrogen (secondary N) is 7. The lowest BCUT2D eigenvalue weighted by Gasteiger charge is -2.37. The number of hydrazine groups is 1. The minimum Gasteiger partial charge on any atom is -0.481 e. The van der Waals surface area contributed by atoms with Gasteiger partial charge in [-0.1, -0.05) is 40.0 Å². The number of benzene rings is 1. The van der Waals surface area contributed by atoms with Gasteiger partial charge in [-0.15, -0.1) is 0 Å². The monoisotopic (exact) mass is 769 g/mol. The van der Waals surface area contributed by atoms with Gasteiger partial charge < -0.3 is 35.8 Å². The summed E-state index contributed by atoms with van der Waals surface area (Å²) < 4.78 is 10.9. The Morgan fingerprint density at radius 2 is 1.40 bits per heavy atom. The van der Waals surface area contributed by atoms with Crippen molar-refractivity contribution in [2.45, 2.75) is 92.7 Å². The van der Waals surface area contributed by atoms with Gasteiger partial charge in [-0.3, -0.25) is 29.3 Å². The van der Waals surface area contributed by atoms with Gasteiger partial charge in [-0.2, -0.15) is 0 Å². The van der Waals surface area contributed by atoms with Gasteiger partial charge in [0.25, 0.3) is 5.91 Å². The SMILES string of the molecule is CCCCNC(=O)c1ccc(NCCNNS)cc1.CNC(=O)CNC(C)(C)C(=O)COCCOCCNC(C)(C)C(=O)C(C)(C)CC(C)(C)C(=O)O. The average Bonchev–Trinajstić information content (AvgIpc) is 3.09. The zero-order valence-corrected chi connectivity index (χ0v) is 34.4. The summed E-state index contributed by atoms with van der Waals surface area (Å²) in [6.45, 7) is 19.3. The fraction of sp³-hybridized carbons (Fsp3) is 0.703. The number of anilines is 1. The van der Waals surface area contributed by atoms with Crippen molar-refractivity contribution in [2.75, 3.05) is 71.5 Å². The lowest BCUT2D eigenvalue weighted by atomic mass is 9.69. The third kappa shape index (κ3) is 20.8. The summed E-state index contributed by atoms with van der Waals surface area (Å²) in [5.41, 5.74) is 0.990. The number of aliphatic carboxylic acids is 1. The second kappa shape index (κ2) is 25.1. The van der Waals surface area contributed by atoms with Crippen LogP contribution in [0.15, 0.2) is 24.3 Å². The molecule has 2 amide bonds. The van der Waals surface area contributed by atoms with Crippen molar-refractivity contribution in [1.82, 2.24) is 31.5 Å². The topological polar surface area (TPSA) is 208 Å². The summed E-state index contributed by atoms with van der Waals surface area (Å²) >= 11 is 3.82. The Kier molecular flexibility index (Phi) is 23.6. The molecule has 0 aliphatic carbocycles. The molecule has 0 heterocycles. The first-order valence-corrected chi connectivity index (χ1v) is 18.5. The number of Topliss-reactive ketones (excluding diaryl/α,β-unsaturated/α-hetero) is 2. The van der Waals surface area contributed by atoms with E-state index in [9.17, 15) is 29.1 Å². The number of carboxylic acids is 1. The molecule has 16 heteroatoms. The molecule has 0 saturated heterocycles. The highest BCUT2D eigenvalue weighted by atomic mass is 32.1. The minimum absolute atomic E-state index is 0.0130. The van der Waals surface area contributed by atoms with E-state index in [1.165, 1.54) is 7.05 Å². The fourth-order valence-corrected chi connectivity index (χ4v) is 5.33. The number of carboxylic acid groups (broad SMARTS) is 1. The lowest BCUT2D eigenvalue weighted by Crippen LogP contribution is -2.54. The van der Waals surface area contributed by atoms with Crippen LogP contribution in [0.1, 0.15) is 91.9 Å². The Morgan fingerprint density at radius 3 is 1.96 bits per heavy atom. The van der Waals surface area contributed by atoms with Crippen LogP contribution in [0, 0.1) is 10.8 Å². The quantitative estimate of drug-likeness (QED) is 0.0359. The summed E-state index contributed by atoms with van der Waals surface area (Å²) in [7, 11) is 1.53. The molecule has 0 bridgehead atoms. The molecule has 0 aliphatic heterocycles. The number of carbonyl (C=O) groups excluding carboxylic acids is 4. The van der Waals surface area contributed by atoms with E-state index in [-0.39, 0.29) is 56.2 Å². The maximum absolute atomic E-state index is 13.1. The Morgan fingerprint density at radius 1 is 0.774 bits per heavy atom. The van der Waals surface area contributed by atoms with Crippen molar-refractivity contribution >= 4 is 47.9 Å². The molecule has 1 aromatic carbocycles. The molecule has 0 unspecified atom stereocenters. The number of carbonyl (C=O) groups is 5. The molecule has 304 valence electrons. The predicted octanol–water partition coefficient (Wildman–Crippen LogP) is 2.73. The van der Waals surface area contributed by atoms with Gasteiger partial charge in [0.05, 0.1) is 42.9 Å². The Bertz CT molecular complexity index is 1270. The van der Waals surface area contributed by atoms with Crippen LogP contribution in [-0.4, -0.2) is 112 Å². The number of amides is 2. The van der Waals surface area contributed by atoms with Gasteiger partial charge in [-0.25, -0.2) is 10.3 Å². The van der Waals surface area contributed by atoms with Gasteiger partial charge in [0.1, 0.15) is 6.61 Å². The van der Waals surface area contributed by atoms with Crippen molar-refractivity contribution in [1.29, 1.82) is 0 Å². The van der Waals surface area contributed by atoms with Crippen molar-refractivity contribution in [2.24, 2.45) is 10.8 Å². The van der Waals surface area contributed by atoms with Crippen LogP contribution < -0.4 is 36.8 Å². The Hall–Kier alpha value is -3.12. The zero-order valence-electron chi connectivity index (χ0n) is 33.5. The number of hydrogen-bond acceptors (Lipinski definition) is 13. The Balaban J connectivity index is 0.00000119. The van der Waals surface area contributed by atoms with Crippen LogP contribution >= 0.6 is 12.8 Å². The molecule has 0 spiro atoms. The first kappa shape index (κ1) is 49.9. The maximum Gasteiger partial charge on any atom is 0.309 e. The lowest BCUT2D eigenvalue weighted by molar-refractivity contribution is -0.150. The highest BCUT2D eigenvalue weighted by molar-refractivity contribution is 7.78. The van der Waals surface area contributed by atoms with Crippen LogP contribution in [0.5, 0.6) is 0 Å². The molecule has 0 fully saturated rings. The number of thiol groups is 1. The minimum atomic E-state index is -1.00. The average molecular weight is 770 g/mol. The number of likely N-dealkylation sites (N-methyl/N-ethyl adjacent to an activating group) is 1. The summed E-state index contributed by atoms with van der Waals surface area (Å²) in [6.07, 6.45) is 2.32. The second-order valence-electron chi connectivity index (χ2n) is 15.0. The van der Waals surface area contributed by atoms with Crippen molar-refractivity contribution in [3.05, 3.63) is 29.8 Å². The largest absolute Gasteiger partial charge is 0.481 e. The number of hydrogen-bond donors (Lipinski definition) is 9. The molecular weight excluding hydrogens is 703 g/mol. The predicted molar refractivity (Wildman–Crippen MR) is 212 cm³/mol. The molecule has 53 heavy (non-hydrogen) atoms. The van der Waals surface area contributed by atoms with Gasteiger partial charge in [0, 0.05) is 49.9 Å². The van der Waals surface area contributed by atoms with Gasteiger partial charge in [-0.05, 0) is 78.6 Å². The molecule has 1 rings (SSSR count). The number of ketones is 2. The molecule has 15 nitrogen and oxygen atoms in total. The third-order valence-electron chi connectivity index (χ3n) is 8.35. The number of ether oxygens (including phenoxy) is 2. The number of unbranched alkanes of at least 4 members (excludes halogenated alkanes) is 1. The van der Waals surface area contributed by atoms with Crippen molar-refractivity contribution in [3.8, 4) is 0 Å². The summed E-state index contributed by atoms with van der Waals surface area (Å²) in [5.74, 6) is -1.39. The molecule has 0 saturated carbocycles. The fourth-order valence-electron chi connectivity index (χ4n) is 5.22. The standard InChI is InChI=1S/C24H45N3O7.C13H22N4OS/c1-21(2,16-22(3,4)20(31)32)19(30)24(7,8)26-10-11-33-12-13-34-15-17(28)23(5,6)27-14-18(29)25-9;1-2-3-8-15-13(18)11-4-6-12(7-5-11)14-9-10-16-17-19/h26-27H,10-16H2,1-9H3,(H,25,29)(H,31,32);4-7,14,16-17,19H,2-3,8-10H2,1H3,(H,15,18). The third-order valence-corrected chi connectivity index (χ3v) is 8.51. The Labute approximate surface area is 322 Å². The molecule has 1 aromatic rings. The normalized spacial score (nSPS) is 12.0. The second-order valence-corrected chi connectivity index (χ2v) is 15.2. The van der Waals surface area contributed by atoms with E-state index in [0.717, 1.165) is 38.2 Å². The summed E-state index contributed by atoms with van der Waals surface area (Å²) in [4.78, 5) is 62.4. The highest BCUT2D eigenvalue weighted by Crippen LogP contribution is 2.37. The molecule has 0 atom stereocenters. The maximum atomic E-state index is 13.1.